The summed E-state index contributed by atoms with van der Waals surface area (Å²) < 4.78 is 0. The minimum atomic E-state index is -0.245. The van der Waals surface area contributed by atoms with Gasteiger partial charge in [-0.25, -0.2) is 0 Å². The molecule has 0 amide bonds. The number of aromatic nitrogens is 2. The molecule has 126 valence electrons. The molecule has 2 aromatic carbocycles. The Bertz CT molecular complexity index is 939. The van der Waals surface area contributed by atoms with E-state index in [9.17, 15) is 4.79 Å². The fourth-order valence-corrected chi connectivity index (χ4v) is 3.49. The lowest BCUT2D eigenvalue weighted by Gasteiger charge is -2.41. The van der Waals surface area contributed by atoms with Crippen LogP contribution in [0.2, 0.25) is 0 Å². The number of likely N-dealkylation sites (N-methyl/N-ethyl adjacent to an activating group) is 1. The highest BCUT2D eigenvalue weighted by molar-refractivity contribution is 5.70. The molecule has 0 spiro atoms. The van der Waals surface area contributed by atoms with E-state index in [-0.39, 0.29) is 23.6 Å². The van der Waals surface area contributed by atoms with Crippen LogP contribution >= 0.6 is 0 Å². The summed E-state index contributed by atoms with van der Waals surface area (Å²) in [5.74, 6) is 0.611. The number of hydrogen-bond donors (Lipinski definition) is 3. The number of hydrogen-bond acceptors (Lipinski definition) is 5. The smallest absolute Gasteiger partial charge is 0.278 e. The molecule has 6 nitrogen and oxygen atoms in total. The Morgan fingerprint density at radius 2 is 1.60 bits per heavy atom. The van der Waals surface area contributed by atoms with Crippen LogP contribution in [-0.2, 0) is 0 Å². The molecule has 2 unspecified atom stereocenters. The standard InChI is InChI=1S/C19H19N5O/c1-24-15(13-10-6-3-7-11-13)14(12-8-4-2-5-9-12)21-17-16(24)18(25)23-19(20)22-17/h2-11,14-15H,1H3,(H4,20,21,22,23,25). The molecule has 0 radical (unpaired) electrons. The number of benzene rings is 2. The molecule has 0 fully saturated rings. The van der Waals surface area contributed by atoms with Gasteiger partial charge in [0.25, 0.3) is 5.56 Å². The van der Waals surface area contributed by atoms with Crippen molar-refractivity contribution >= 4 is 17.5 Å². The van der Waals surface area contributed by atoms with Crippen molar-refractivity contribution in [3.63, 3.8) is 0 Å². The van der Waals surface area contributed by atoms with Gasteiger partial charge in [-0.05, 0) is 11.1 Å². The van der Waals surface area contributed by atoms with Crippen LogP contribution in [0, 0.1) is 0 Å². The quantitative estimate of drug-likeness (QED) is 0.671. The molecular weight excluding hydrogens is 314 g/mol. The molecule has 0 aliphatic carbocycles. The summed E-state index contributed by atoms with van der Waals surface area (Å²) >= 11 is 0. The summed E-state index contributed by atoms with van der Waals surface area (Å²) in [6.45, 7) is 0. The van der Waals surface area contributed by atoms with Gasteiger partial charge in [-0.1, -0.05) is 60.7 Å². The lowest BCUT2D eigenvalue weighted by Crippen LogP contribution is -2.41. The van der Waals surface area contributed by atoms with Gasteiger partial charge in [-0.2, -0.15) is 4.98 Å². The highest BCUT2D eigenvalue weighted by atomic mass is 16.1. The maximum Gasteiger partial charge on any atom is 0.278 e. The predicted octanol–water partition coefficient (Wildman–Crippen LogP) is 2.70. The first-order valence-corrected chi connectivity index (χ1v) is 8.14. The van der Waals surface area contributed by atoms with Gasteiger partial charge in [0.1, 0.15) is 5.69 Å². The Labute approximate surface area is 145 Å². The summed E-state index contributed by atoms with van der Waals surface area (Å²) in [5.41, 5.74) is 8.22. The molecule has 25 heavy (non-hydrogen) atoms. The summed E-state index contributed by atoms with van der Waals surface area (Å²) in [7, 11) is 1.92. The number of nitrogens with zero attached hydrogens (tertiary/aromatic N) is 2. The third kappa shape index (κ3) is 2.61. The van der Waals surface area contributed by atoms with Gasteiger partial charge in [0.15, 0.2) is 5.82 Å². The Morgan fingerprint density at radius 3 is 2.24 bits per heavy atom. The Balaban J connectivity index is 1.91. The maximum atomic E-state index is 12.5. The van der Waals surface area contributed by atoms with Gasteiger partial charge in [-0.15, -0.1) is 0 Å². The molecule has 3 aromatic rings. The molecule has 6 heteroatoms. The number of H-pyrrole nitrogens is 1. The zero-order valence-corrected chi connectivity index (χ0v) is 13.8. The third-order valence-corrected chi connectivity index (χ3v) is 4.59. The van der Waals surface area contributed by atoms with Crippen LogP contribution < -0.4 is 21.5 Å². The van der Waals surface area contributed by atoms with E-state index in [4.69, 9.17) is 5.73 Å². The van der Waals surface area contributed by atoms with Crippen molar-refractivity contribution in [3.05, 3.63) is 82.1 Å². The molecule has 1 aromatic heterocycles. The fraction of sp³-hybridized carbons (Fsp3) is 0.158. The molecule has 0 saturated heterocycles. The molecule has 1 aliphatic rings. The first kappa shape index (κ1) is 15.3. The van der Waals surface area contributed by atoms with Gasteiger partial charge < -0.3 is 16.0 Å². The van der Waals surface area contributed by atoms with E-state index in [1.807, 2.05) is 48.3 Å². The molecular formula is C19H19N5O. The number of nitrogen functional groups attached to an aromatic ring is 1. The minimum absolute atomic E-state index is 0.0531. The van der Waals surface area contributed by atoms with Gasteiger partial charge in [0.2, 0.25) is 5.95 Å². The molecule has 1 aliphatic heterocycles. The van der Waals surface area contributed by atoms with Crippen molar-refractivity contribution in [2.75, 3.05) is 23.0 Å². The van der Waals surface area contributed by atoms with Crippen LogP contribution in [0.4, 0.5) is 17.5 Å². The van der Waals surface area contributed by atoms with E-state index < -0.39 is 0 Å². The Morgan fingerprint density at radius 1 is 1.00 bits per heavy atom. The molecule has 2 heterocycles. The number of aromatic amines is 1. The van der Waals surface area contributed by atoms with Crippen molar-refractivity contribution in [2.24, 2.45) is 0 Å². The van der Waals surface area contributed by atoms with Crippen LogP contribution in [0.25, 0.3) is 0 Å². The van der Waals surface area contributed by atoms with Crippen molar-refractivity contribution in [1.82, 2.24) is 9.97 Å². The summed E-state index contributed by atoms with van der Waals surface area (Å²) in [6.07, 6.45) is 0. The van der Waals surface area contributed by atoms with Crippen molar-refractivity contribution in [1.29, 1.82) is 0 Å². The third-order valence-electron chi connectivity index (χ3n) is 4.59. The number of nitrogens with two attached hydrogens (primary N) is 1. The topological polar surface area (TPSA) is 87.0 Å². The minimum Gasteiger partial charge on any atom is -0.369 e. The maximum absolute atomic E-state index is 12.5. The van der Waals surface area contributed by atoms with E-state index in [1.165, 1.54) is 0 Å². The van der Waals surface area contributed by atoms with E-state index in [1.54, 1.807) is 0 Å². The second kappa shape index (κ2) is 5.98. The zero-order valence-electron chi connectivity index (χ0n) is 13.8. The Kier molecular flexibility index (Phi) is 3.65. The monoisotopic (exact) mass is 333 g/mol. The summed E-state index contributed by atoms with van der Waals surface area (Å²) in [5, 5.41) is 3.42. The van der Waals surface area contributed by atoms with Gasteiger partial charge in [-0.3, -0.25) is 9.78 Å². The van der Waals surface area contributed by atoms with Crippen molar-refractivity contribution in [2.45, 2.75) is 12.1 Å². The average Bonchev–Trinajstić information content (AvgIpc) is 2.62. The highest BCUT2D eigenvalue weighted by Crippen LogP contribution is 2.43. The molecule has 0 bridgehead atoms. The molecule has 2 atom stereocenters. The van der Waals surface area contributed by atoms with Gasteiger partial charge in [0.05, 0.1) is 12.1 Å². The van der Waals surface area contributed by atoms with Crippen LogP contribution in [-0.4, -0.2) is 17.0 Å². The Hall–Kier alpha value is -3.28. The predicted molar refractivity (Wildman–Crippen MR) is 99.7 cm³/mol. The van der Waals surface area contributed by atoms with Crippen LogP contribution in [0.15, 0.2) is 65.5 Å². The van der Waals surface area contributed by atoms with Crippen molar-refractivity contribution < 1.29 is 0 Å². The van der Waals surface area contributed by atoms with Gasteiger partial charge >= 0.3 is 0 Å². The summed E-state index contributed by atoms with van der Waals surface area (Å²) in [4.78, 5) is 21.3. The second-order valence-corrected chi connectivity index (χ2v) is 6.15. The normalized spacial score (nSPS) is 19.2. The summed E-state index contributed by atoms with van der Waals surface area (Å²) in [6, 6.07) is 20.2. The van der Waals surface area contributed by atoms with Crippen molar-refractivity contribution in [3.8, 4) is 0 Å². The van der Waals surface area contributed by atoms with Crippen LogP contribution in [0.5, 0.6) is 0 Å². The van der Waals surface area contributed by atoms with Crippen LogP contribution in [0.1, 0.15) is 23.2 Å². The SMILES string of the molecule is CN1c2c(nc(N)[nH]c2=O)NC(c2ccccc2)C1c1ccccc1. The van der Waals surface area contributed by atoms with E-state index in [2.05, 4.69) is 39.6 Å². The lowest BCUT2D eigenvalue weighted by atomic mass is 9.90. The number of fused-ring (bicyclic) bond motifs is 1. The van der Waals surface area contributed by atoms with Crippen LogP contribution in [0.3, 0.4) is 0 Å². The highest BCUT2D eigenvalue weighted by Gasteiger charge is 2.36. The fourth-order valence-electron chi connectivity index (χ4n) is 3.49. The number of anilines is 3. The average molecular weight is 333 g/mol. The lowest BCUT2D eigenvalue weighted by molar-refractivity contribution is 0.554. The van der Waals surface area contributed by atoms with E-state index >= 15 is 0 Å². The van der Waals surface area contributed by atoms with Gasteiger partial charge in [0, 0.05) is 7.05 Å². The first-order chi connectivity index (χ1) is 12.1. The first-order valence-electron chi connectivity index (χ1n) is 8.14. The molecule has 0 saturated carbocycles. The number of nitrogens with one attached hydrogen (secondary N) is 2. The zero-order chi connectivity index (χ0) is 17.4. The number of rotatable bonds is 2. The van der Waals surface area contributed by atoms with E-state index in [0.717, 1.165) is 11.1 Å². The second-order valence-electron chi connectivity index (χ2n) is 6.15. The van der Waals surface area contributed by atoms with E-state index in [0.29, 0.717) is 11.5 Å². The molecule has 4 rings (SSSR count). The molecule has 4 N–H and O–H groups in total. The largest absolute Gasteiger partial charge is 0.369 e.